The molecule has 3 aromatic rings. The second kappa shape index (κ2) is 6.66. The first-order valence-electron chi connectivity index (χ1n) is 8.55. The molecular weight excluding hydrogens is 350 g/mol. The second-order valence-corrected chi connectivity index (χ2v) is 8.22. The Balaban J connectivity index is 1.70. The third-order valence-corrected chi connectivity index (χ3v) is 6.58. The molecule has 2 heterocycles. The van der Waals surface area contributed by atoms with E-state index < -0.39 is 9.84 Å². The Bertz CT molecular complexity index is 1020. The molecule has 0 bridgehead atoms. The molecule has 1 aliphatic rings. The zero-order chi connectivity index (χ0) is 18.1. The fourth-order valence-electron chi connectivity index (χ4n) is 3.31. The smallest absolute Gasteiger partial charge is 0.208 e. The summed E-state index contributed by atoms with van der Waals surface area (Å²) >= 11 is 0. The van der Waals surface area contributed by atoms with E-state index in [1.54, 1.807) is 37.6 Å². The van der Waals surface area contributed by atoms with E-state index in [-0.39, 0.29) is 4.90 Å². The van der Waals surface area contributed by atoms with Crippen LogP contribution in [-0.4, -0.2) is 46.7 Å². The van der Waals surface area contributed by atoms with Crippen molar-refractivity contribution in [2.45, 2.75) is 9.79 Å². The minimum atomic E-state index is -3.61. The largest absolute Gasteiger partial charge is 0.497 e. The number of nitrogens with zero attached hydrogens (tertiary/aromatic N) is 1. The standard InChI is InChI=1S/C19H21N3O3S/c1-25-15-4-7-18-17(12-15)19(13-21-18)26(23,24)16-5-2-14(3-6-16)22-10-8-20-9-11-22/h2-7,12-13,20-21H,8-11H2,1H3. The van der Waals surface area contributed by atoms with Crippen LogP contribution >= 0.6 is 0 Å². The molecule has 1 saturated heterocycles. The Morgan fingerprint density at radius 3 is 2.46 bits per heavy atom. The van der Waals surface area contributed by atoms with Crippen molar-refractivity contribution in [1.29, 1.82) is 0 Å². The van der Waals surface area contributed by atoms with Crippen molar-refractivity contribution in [2.75, 3.05) is 38.2 Å². The molecule has 0 unspecified atom stereocenters. The molecule has 0 radical (unpaired) electrons. The summed E-state index contributed by atoms with van der Waals surface area (Å²) < 4.78 is 31.5. The molecule has 6 nitrogen and oxygen atoms in total. The molecule has 0 aliphatic carbocycles. The highest BCUT2D eigenvalue weighted by atomic mass is 32.2. The van der Waals surface area contributed by atoms with Crippen LogP contribution in [0.2, 0.25) is 0 Å². The zero-order valence-electron chi connectivity index (χ0n) is 14.5. The molecule has 1 aromatic heterocycles. The zero-order valence-corrected chi connectivity index (χ0v) is 15.3. The van der Waals surface area contributed by atoms with Crippen LogP contribution in [0.5, 0.6) is 5.75 Å². The van der Waals surface area contributed by atoms with Crippen molar-refractivity contribution in [3.8, 4) is 5.75 Å². The van der Waals surface area contributed by atoms with E-state index in [0.717, 1.165) is 37.4 Å². The van der Waals surface area contributed by atoms with E-state index in [4.69, 9.17) is 4.74 Å². The van der Waals surface area contributed by atoms with Crippen LogP contribution in [0.3, 0.4) is 0 Å². The molecule has 26 heavy (non-hydrogen) atoms. The number of aromatic nitrogens is 1. The van der Waals surface area contributed by atoms with Gasteiger partial charge < -0.3 is 19.9 Å². The Morgan fingerprint density at radius 1 is 1.04 bits per heavy atom. The summed E-state index contributed by atoms with van der Waals surface area (Å²) in [7, 11) is -2.05. The molecule has 1 aliphatic heterocycles. The lowest BCUT2D eigenvalue weighted by atomic mass is 10.2. The summed E-state index contributed by atoms with van der Waals surface area (Å²) in [5.41, 5.74) is 1.81. The first-order chi connectivity index (χ1) is 12.6. The highest BCUT2D eigenvalue weighted by Crippen LogP contribution is 2.31. The van der Waals surface area contributed by atoms with Gasteiger partial charge in [0.2, 0.25) is 9.84 Å². The van der Waals surface area contributed by atoms with E-state index in [2.05, 4.69) is 15.2 Å². The number of ether oxygens (including phenoxy) is 1. The van der Waals surface area contributed by atoms with Crippen LogP contribution in [0.1, 0.15) is 0 Å². The number of benzene rings is 2. The van der Waals surface area contributed by atoms with E-state index in [1.807, 2.05) is 18.2 Å². The molecule has 7 heteroatoms. The molecular formula is C19H21N3O3S. The third kappa shape index (κ3) is 2.93. The number of sulfone groups is 1. The first kappa shape index (κ1) is 16.9. The Labute approximate surface area is 152 Å². The van der Waals surface area contributed by atoms with Gasteiger partial charge in [0.05, 0.1) is 16.9 Å². The van der Waals surface area contributed by atoms with Crippen LogP contribution in [0, 0.1) is 0 Å². The van der Waals surface area contributed by atoms with Crippen LogP contribution in [0.25, 0.3) is 10.9 Å². The van der Waals surface area contributed by atoms with Gasteiger partial charge in [-0.15, -0.1) is 0 Å². The molecule has 1 fully saturated rings. The fourth-order valence-corrected chi connectivity index (χ4v) is 4.73. The summed E-state index contributed by atoms with van der Waals surface area (Å²) in [6, 6.07) is 12.5. The van der Waals surface area contributed by atoms with Gasteiger partial charge in [-0.25, -0.2) is 8.42 Å². The topological polar surface area (TPSA) is 74.4 Å². The van der Waals surface area contributed by atoms with Crippen molar-refractivity contribution in [3.63, 3.8) is 0 Å². The van der Waals surface area contributed by atoms with Gasteiger partial charge in [-0.05, 0) is 42.5 Å². The fraction of sp³-hybridized carbons (Fsp3) is 0.263. The average Bonchev–Trinajstić information content (AvgIpc) is 3.12. The van der Waals surface area contributed by atoms with Gasteiger partial charge in [0.25, 0.3) is 0 Å². The van der Waals surface area contributed by atoms with Gasteiger partial charge in [-0.1, -0.05) is 0 Å². The van der Waals surface area contributed by atoms with Gasteiger partial charge in [0.1, 0.15) is 5.75 Å². The number of anilines is 1. The van der Waals surface area contributed by atoms with Crippen molar-refractivity contribution in [1.82, 2.24) is 10.3 Å². The van der Waals surface area contributed by atoms with E-state index in [1.165, 1.54) is 0 Å². The number of fused-ring (bicyclic) bond motifs is 1. The minimum Gasteiger partial charge on any atom is -0.497 e. The van der Waals surface area contributed by atoms with E-state index >= 15 is 0 Å². The number of nitrogens with one attached hydrogen (secondary N) is 2. The van der Waals surface area contributed by atoms with Crippen molar-refractivity contribution in [3.05, 3.63) is 48.7 Å². The summed E-state index contributed by atoms with van der Waals surface area (Å²) in [6.07, 6.45) is 1.55. The first-order valence-corrected chi connectivity index (χ1v) is 10.0. The number of rotatable bonds is 4. The minimum absolute atomic E-state index is 0.265. The molecule has 2 N–H and O–H groups in total. The SMILES string of the molecule is COc1ccc2[nH]cc(S(=O)(=O)c3ccc(N4CCNCC4)cc3)c2c1. The molecule has 0 saturated carbocycles. The maximum atomic E-state index is 13.1. The number of H-pyrrole nitrogens is 1. The van der Waals surface area contributed by atoms with Crippen molar-refractivity contribution >= 4 is 26.4 Å². The van der Waals surface area contributed by atoms with Crippen LogP contribution in [0.4, 0.5) is 5.69 Å². The molecule has 0 atom stereocenters. The lowest BCUT2D eigenvalue weighted by molar-refractivity contribution is 0.415. The second-order valence-electron chi connectivity index (χ2n) is 6.30. The molecule has 2 aromatic carbocycles. The van der Waals surface area contributed by atoms with Gasteiger partial charge in [-0.3, -0.25) is 0 Å². The van der Waals surface area contributed by atoms with Crippen LogP contribution < -0.4 is 15.0 Å². The number of piperazine rings is 1. The molecule has 4 rings (SSSR count). The maximum absolute atomic E-state index is 13.1. The van der Waals surface area contributed by atoms with E-state index in [0.29, 0.717) is 16.0 Å². The summed E-state index contributed by atoms with van der Waals surface area (Å²) in [5.74, 6) is 0.627. The number of hydrogen-bond acceptors (Lipinski definition) is 5. The van der Waals surface area contributed by atoms with Crippen molar-refractivity contribution in [2.24, 2.45) is 0 Å². The van der Waals surface area contributed by atoms with Gasteiger partial charge in [0.15, 0.2) is 0 Å². The van der Waals surface area contributed by atoms with Gasteiger partial charge in [0, 0.05) is 49.0 Å². The monoisotopic (exact) mass is 371 g/mol. The summed E-state index contributed by atoms with van der Waals surface area (Å²) in [5, 5.41) is 3.95. The normalized spacial score (nSPS) is 15.3. The number of aromatic amines is 1. The lowest BCUT2D eigenvalue weighted by Gasteiger charge is -2.29. The Morgan fingerprint density at radius 2 is 1.77 bits per heavy atom. The highest BCUT2D eigenvalue weighted by molar-refractivity contribution is 7.91. The average molecular weight is 371 g/mol. The molecule has 136 valence electrons. The number of methoxy groups -OCH3 is 1. The molecule has 0 spiro atoms. The van der Waals surface area contributed by atoms with E-state index in [9.17, 15) is 8.42 Å². The highest BCUT2D eigenvalue weighted by Gasteiger charge is 2.22. The quantitative estimate of drug-likeness (QED) is 0.737. The predicted octanol–water partition coefficient (Wildman–Crippen LogP) is 2.42. The molecule has 0 amide bonds. The van der Waals surface area contributed by atoms with Crippen molar-refractivity contribution < 1.29 is 13.2 Å². The summed E-state index contributed by atoms with van der Waals surface area (Å²) in [4.78, 5) is 5.84. The Kier molecular flexibility index (Phi) is 4.34. The van der Waals surface area contributed by atoms with Gasteiger partial charge in [-0.2, -0.15) is 0 Å². The number of hydrogen-bond donors (Lipinski definition) is 2. The summed E-state index contributed by atoms with van der Waals surface area (Å²) in [6.45, 7) is 3.73. The maximum Gasteiger partial charge on any atom is 0.208 e. The van der Waals surface area contributed by atoms with Gasteiger partial charge >= 0.3 is 0 Å². The predicted molar refractivity (Wildman–Crippen MR) is 102 cm³/mol. The lowest BCUT2D eigenvalue weighted by Crippen LogP contribution is -2.43. The third-order valence-electron chi connectivity index (χ3n) is 4.77. The Hall–Kier alpha value is -2.51. The van der Waals surface area contributed by atoms with Crippen LogP contribution in [0.15, 0.2) is 58.5 Å². The van der Waals surface area contributed by atoms with Crippen LogP contribution in [-0.2, 0) is 9.84 Å².